The molecule has 1 fully saturated rings. The molecule has 186 valence electrons. The number of aromatic nitrogens is 2. The van der Waals surface area contributed by atoms with Crippen LogP contribution in [-0.2, 0) is 22.7 Å². The highest BCUT2D eigenvalue weighted by Gasteiger charge is 2.45. The first-order valence-corrected chi connectivity index (χ1v) is 12.6. The molecule has 2 rings (SSSR count). The number of aliphatic hydroxyl groups is 2. The predicted molar refractivity (Wildman–Crippen MR) is 111 cm³/mol. The lowest BCUT2D eigenvalue weighted by molar-refractivity contribution is -0.0541. The number of phosphoric acid groups is 2. The number of phosphoric ester groups is 1. The molecule has 7 N–H and O–H groups in total. The smallest absolute Gasteiger partial charge is 0.387 e. The number of nitrogen functional groups attached to an aromatic ring is 1. The standard InChI is InChI=1S/C9H15N3O11P2.C6H15N/c10-5-1-2-12(9(15)11-5)8-7(14)6(13)4(22-8)3-21-25(19,20)23-24(16,17)18;1-4-7(5-2)6-3/h1-2,4,6-8,13-14H,3H2,(H,19,20)(H2,10,11,15)(H2,16,17,18);4-6H2,1-3H3/t4-,6+,7-,8-;/m1./s1. The molecule has 2 heterocycles. The third-order valence-electron chi connectivity index (χ3n) is 4.42. The van der Waals surface area contributed by atoms with Gasteiger partial charge >= 0.3 is 21.3 Å². The fourth-order valence-electron chi connectivity index (χ4n) is 2.71. The number of nitrogens with two attached hydrogens (primary N) is 1. The molecule has 0 aromatic carbocycles. The van der Waals surface area contributed by atoms with Crippen molar-refractivity contribution in [2.75, 3.05) is 32.0 Å². The summed E-state index contributed by atoms with van der Waals surface area (Å²) in [6, 6.07) is 1.24. The molecule has 5 atom stereocenters. The SMILES string of the molecule is CCN(CC)CC.Nc1ccn([C@@H]2O[C@H](COP(=O)(O)OP(=O)(O)O)[C@H](O)[C@H]2O)c(=O)n1. The molecule has 1 unspecified atom stereocenters. The molecule has 1 saturated heterocycles. The first kappa shape index (κ1) is 28.8. The topological polar surface area (TPSA) is 227 Å². The summed E-state index contributed by atoms with van der Waals surface area (Å²) < 4.78 is 35.8. The highest BCUT2D eigenvalue weighted by atomic mass is 31.3. The lowest BCUT2D eigenvalue weighted by Crippen LogP contribution is -2.36. The highest BCUT2D eigenvalue weighted by Crippen LogP contribution is 2.57. The second-order valence-electron chi connectivity index (χ2n) is 6.54. The van der Waals surface area contributed by atoms with E-state index in [1.165, 1.54) is 25.7 Å². The van der Waals surface area contributed by atoms with Crippen molar-refractivity contribution >= 4 is 21.5 Å². The van der Waals surface area contributed by atoms with E-state index in [-0.39, 0.29) is 5.82 Å². The Morgan fingerprint density at radius 2 is 1.72 bits per heavy atom. The van der Waals surface area contributed by atoms with Gasteiger partial charge in [0.25, 0.3) is 0 Å². The van der Waals surface area contributed by atoms with E-state index in [1.54, 1.807) is 0 Å². The Labute approximate surface area is 184 Å². The van der Waals surface area contributed by atoms with E-state index < -0.39 is 52.5 Å². The van der Waals surface area contributed by atoms with Gasteiger partial charge in [0.1, 0.15) is 24.1 Å². The summed E-state index contributed by atoms with van der Waals surface area (Å²) >= 11 is 0. The normalized spacial score (nSPS) is 25.3. The summed E-state index contributed by atoms with van der Waals surface area (Å²) in [5.74, 6) is -0.0787. The van der Waals surface area contributed by atoms with Crippen molar-refractivity contribution in [3.8, 4) is 0 Å². The van der Waals surface area contributed by atoms with Gasteiger partial charge in [0.15, 0.2) is 6.23 Å². The molecule has 1 aliphatic rings. The van der Waals surface area contributed by atoms with Crippen LogP contribution < -0.4 is 11.4 Å². The average molecular weight is 504 g/mol. The number of anilines is 1. The summed E-state index contributed by atoms with van der Waals surface area (Å²) in [5, 5.41) is 19.8. The lowest BCUT2D eigenvalue weighted by atomic mass is 10.1. The van der Waals surface area contributed by atoms with Gasteiger partial charge in [0.05, 0.1) is 6.61 Å². The summed E-state index contributed by atoms with van der Waals surface area (Å²) in [5.41, 5.74) is 4.45. The molecule has 0 saturated carbocycles. The number of hydrogen-bond acceptors (Lipinski definition) is 11. The van der Waals surface area contributed by atoms with Crippen LogP contribution in [0.15, 0.2) is 17.1 Å². The zero-order chi connectivity index (χ0) is 24.7. The molecular weight excluding hydrogens is 474 g/mol. The van der Waals surface area contributed by atoms with Gasteiger partial charge in [-0.2, -0.15) is 9.29 Å². The van der Waals surface area contributed by atoms with Gasteiger partial charge in [-0.15, -0.1) is 0 Å². The van der Waals surface area contributed by atoms with E-state index in [2.05, 4.69) is 39.5 Å². The third kappa shape index (κ3) is 8.96. The second-order valence-corrected chi connectivity index (χ2v) is 9.37. The Morgan fingerprint density at radius 3 is 2.16 bits per heavy atom. The summed E-state index contributed by atoms with van der Waals surface area (Å²) in [4.78, 5) is 43.7. The van der Waals surface area contributed by atoms with E-state index >= 15 is 0 Å². The Balaban J connectivity index is 0.000000633. The van der Waals surface area contributed by atoms with E-state index in [1.807, 2.05) is 0 Å². The van der Waals surface area contributed by atoms with Crippen LogP contribution >= 0.6 is 15.6 Å². The number of nitrogens with zero attached hydrogens (tertiary/aromatic N) is 3. The molecule has 17 heteroatoms. The molecule has 15 nitrogen and oxygen atoms in total. The van der Waals surface area contributed by atoms with E-state index in [9.17, 15) is 24.1 Å². The van der Waals surface area contributed by atoms with Gasteiger partial charge in [-0.1, -0.05) is 20.8 Å². The quantitative estimate of drug-likeness (QED) is 0.222. The maximum atomic E-state index is 11.7. The van der Waals surface area contributed by atoms with Crippen LogP contribution in [0.5, 0.6) is 0 Å². The highest BCUT2D eigenvalue weighted by molar-refractivity contribution is 7.60. The number of rotatable bonds is 9. The van der Waals surface area contributed by atoms with E-state index in [4.69, 9.17) is 25.2 Å². The maximum Gasteiger partial charge on any atom is 0.481 e. The Kier molecular flexibility index (Phi) is 11.1. The fraction of sp³-hybridized carbons (Fsp3) is 0.733. The van der Waals surface area contributed by atoms with Crippen molar-refractivity contribution in [3.05, 3.63) is 22.7 Å². The molecule has 0 amide bonds. The van der Waals surface area contributed by atoms with Crippen molar-refractivity contribution in [3.63, 3.8) is 0 Å². The van der Waals surface area contributed by atoms with Crippen molar-refractivity contribution in [2.45, 2.75) is 45.3 Å². The minimum absolute atomic E-state index is 0.0787. The molecule has 1 aromatic heterocycles. The number of ether oxygens (including phenoxy) is 1. The Hall–Kier alpha value is -1.22. The molecule has 0 radical (unpaired) electrons. The average Bonchev–Trinajstić information content (AvgIpc) is 2.95. The molecule has 32 heavy (non-hydrogen) atoms. The van der Waals surface area contributed by atoms with Crippen LogP contribution in [-0.4, -0.2) is 83.9 Å². The van der Waals surface area contributed by atoms with Crippen LogP contribution in [0, 0.1) is 0 Å². The summed E-state index contributed by atoms with van der Waals surface area (Å²) in [7, 11) is -10.5. The Bertz CT molecular complexity index is 870. The zero-order valence-electron chi connectivity index (χ0n) is 17.8. The molecule has 1 aromatic rings. The lowest BCUT2D eigenvalue weighted by Gasteiger charge is -2.17. The minimum atomic E-state index is -5.30. The first-order valence-electron chi connectivity index (χ1n) is 9.57. The summed E-state index contributed by atoms with van der Waals surface area (Å²) in [6.45, 7) is 9.25. The van der Waals surface area contributed by atoms with Gasteiger partial charge in [-0.25, -0.2) is 13.9 Å². The second kappa shape index (κ2) is 12.3. The van der Waals surface area contributed by atoms with Crippen LogP contribution in [0.2, 0.25) is 0 Å². The van der Waals surface area contributed by atoms with Crippen molar-refractivity contribution in [2.24, 2.45) is 0 Å². The number of aliphatic hydroxyl groups excluding tert-OH is 2. The van der Waals surface area contributed by atoms with Gasteiger partial charge in [-0.3, -0.25) is 9.09 Å². The monoisotopic (exact) mass is 504 g/mol. The molecule has 0 bridgehead atoms. The van der Waals surface area contributed by atoms with E-state index in [0.717, 1.165) is 10.8 Å². The van der Waals surface area contributed by atoms with Gasteiger partial charge < -0.3 is 40.3 Å². The van der Waals surface area contributed by atoms with Crippen molar-refractivity contribution in [1.82, 2.24) is 14.5 Å². The van der Waals surface area contributed by atoms with Crippen molar-refractivity contribution < 1.29 is 47.6 Å². The van der Waals surface area contributed by atoms with Gasteiger partial charge in [-0.05, 0) is 25.7 Å². The van der Waals surface area contributed by atoms with Gasteiger partial charge in [0, 0.05) is 6.20 Å². The molecule has 0 aliphatic carbocycles. The predicted octanol–water partition coefficient (Wildman–Crippen LogP) is -0.981. The first-order chi connectivity index (χ1) is 14.7. The Morgan fingerprint density at radius 1 is 1.16 bits per heavy atom. The minimum Gasteiger partial charge on any atom is -0.387 e. The van der Waals surface area contributed by atoms with Crippen LogP contribution in [0.25, 0.3) is 0 Å². The fourth-order valence-corrected chi connectivity index (χ4v) is 4.31. The summed E-state index contributed by atoms with van der Waals surface area (Å²) in [6.07, 6.45) is -4.93. The van der Waals surface area contributed by atoms with Gasteiger partial charge in [0.2, 0.25) is 0 Å². The maximum absolute atomic E-state index is 11.7. The molecule has 0 spiro atoms. The number of hydrogen-bond donors (Lipinski definition) is 6. The van der Waals surface area contributed by atoms with E-state index in [0.29, 0.717) is 0 Å². The third-order valence-corrected chi connectivity index (χ3v) is 6.57. The van der Waals surface area contributed by atoms with Crippen LogP contribution in [0.1, 0.15) is 27.0 Å². The zero-order valence-corrected chi connectivity index (χ0v) is 19.6. The largest absolute Gasteiger partial charge is 0.481 e. The van der Waals surface area contributed by atoms with Crippen LogP contribution in [0.4, 0.5) is 5.82 Å². The van der Waals surface area contributed by atoms with Crippen molar-refractivity contribution in [1.29, 1.82) is 0 Å². The molecule has 1 aliphatic heterocycles. The molecular formula is C15H30N4O11P2. The van der Waals surface area contributed by atoms with Crippen LogP contribution in [0.3, 0.4) is 0 Å².